The fourth-order valence-corrected chi connectivity index (χ4v) is 5.36. The second kappa shape index (κ2) is 13.5. The predicted octanol–water partition coefficient (Wildman–Crippen LogP) is 3.51. The number of carbonyl (C=O) groups excluding carboxylic acids is 5. The molecule has 1 saturated heterocycles. The van der Waals surface area contributed by atoms with Crippen LogP contribution in [0.2, 0.25) is 0 Å². The maximum atomic E-state index is 15.3. The summed E-state index contributed by atoms with van der Waals surface area (Å²) in [4.78, 5) is 65.7. The second-order valence-corrected chi connectivity index (χ2v) is 11.5. The highest BCUT2D eigenvalue weighted by Gasteiger charge is 2.65. The molecule has 1 aliphatic heterocycles. The van der Waals surface area contributed by atoms with Gasteiger partial charge in [0.05, 0.1) is 18.0 Å². The Morgan fingerprint density at radius 1 is 1.02 bits per heavy atom. The lowest BCUT2D eigenvalue weighted by Gasteiger charge is -2.35. The number of benzene rings is 2. The fourth-order valence-electron chi connectivity index (χ4n) is 5.36. The van der Waals surface area contributed by atoms with Crippen molar-refractivity contribution in [2.45, 2.75) is 79.0 Å². The molecule has 0 bridgehead atoms. The van der Waals surface area contributed by atoms with Crippen molar-refractivity contribution in [2.24, 2.45) is 5.41 Å². The zero-order valence-electron chi connectivity index (χ0n) is 26.0. The van der Waals surface area contributed by atoms with Crippen molar-refractivity contribution < 1.29 is 42.2 Å². The molecule has 0 radical (unpaired) electrons. The highest BCUT2D eigenvalue weighted by Crippen LogP contribution is 2.48. The molecule has 44 heavy (non-hydrogen) atoms. The Morgan fingerprint density at radius 2 is 1.66 bits per heavy atom. The van der Waals surface area contributed by atoms with Crippen LogP contribution in [0.15, 0.2) is 42.5 Å². The molecule has 2 N–H and O–H groups in total. The number of alkyl halides is 2. The number of hydrogen-bond donors (Lipinski definition) is 2. The highest BCUT2D eigenvalue weighted by molar-refractivity contribution is 5.98. The number of rotatable bonds is 10. The van der Waals surface area contributed by atoms with E-state index in [9.17, 15) is 24.0 Å². The summed E-state index contributed by atoms with van der Waals surface area (Å²) < 4.78 is 41.3. The van der Waals surface area contributed by atoms with Crippen LogP contribution in [-0.2, 0) is 30.3 Å². The third kappa shape index (κ3) is 7.40. The number of amides is 3. The highest BCUT2D eigenvalue weighted by atomic mass is 19.3. The fraction of sp³-hybridized carbons (Fsp3) is 0.469. The van der Waals surface area contributed by atoms with Crippen LogP contribution in [0.1, 0.15) is 61.7 Å². The molecule has 10 nitrogen and oxygen atoms in total. The van der Waals surface area contributed by atoms with E-state index in [1.165, 1.54) is 20.8 Å². The van der Waals surface area contributed by atoms with Gasteiger partial charge in [0.15, 0.2) is 0 Å². The van der Waals surface area contributed by atoms with E-state index >= 15 is 8.78 Å². The lowest BCUT2D eigenvalue weighted by atomic mass is 9.81. The summed E-state index contributed by atoms with van der Waals surface area (Å²) in [7, 11) is 0. The molecule has 0 saturated carbocycles. The first-order chi connectivity index (χ1) is 20.5. The van der Waals surface area contributed by atoms with Crippen molar-refractivity contribution in [3.05, 3.63) is 64.7 Å². The number of aryl methyl sites for hydroxylation is 1. The molecular weight excluding hydrogens is 576 g/mol. The monoisotopic (exact) mass is 615 g/mol. The normalized spacial score (nSPS) is 18.1. The zero-order chi connectivity index (χ0) is 33.0. The van der Waals surface area contributed by atoms with Crippen molar-refractivity contribution in [2.75, 3.05) is 13.1 Å². The van der Waals surface area contributed by atoms with E-state index in [2.05, 4.69) is 10.6 Å². The van der Waals surface area contributed by atoms with Crippen molar-refractivity contribution in [3.63, 3.8) is 0 Å². The Bertz CT molecular complexity index is 1430. The topological polar surface area (TPSA) is 131 Å². The van der Waals surface area contributed by atoms with Crippen LogP contribution in [-0.4, -0.2) is 71.8 Å². The molecule has 1 aliphatic rings. The molecule has 3 rings (SSSR count). The van der Waals surface area contributed by atoms with Gasteiger partial charge in [-0.15, -0.1) is 0 Å². The maximum Gasteiger partial charge on any atom is 0.308 e. The first-order valence-electron chi connectivity index (χ1n) is 14.3. The lowest BCUT2D eigenvalue weighted by Crippen LogP contribution is -2.58. The average molecular weight is 616 g/mol. The molecule has 12 heteroatoms. The van der Waals surface area contributed by atoms with Gasteiger partial charge in [-0.1, -0.05) is 44.2 Å². The van der Waals surface area contributed by atoms with Crippen LogP contribution in [0.4, 0.5) is 8.78 Å². The summed E-state index contributed by atoms with van der Waals surface area (Å²) in [6, 6.07) is 9.04. The molecule has 1 heterocycles. The molecule has 1 unspecified atom stereocenters. The lowest BCUT2D eigenvalue weighted by molar-refractivity contribution is -0.162. The first kappa shape index (κ1) is 34.1. The Labute approximate surface area is 255 Å². The number of carbonyl (C=O) groups is 5. The summed E-state index contributed by atoms with van der Waals surface area (Å²) in [6.45, 7) is 8.64. The summed E-state index contributed by atoms with van der Waals surface area (Å²) in [5.74, 6) is -7.27. The Kier molecular flexibility index (Phi) is 10.5. The predicted molar refractivity (Wildman–Crippen MR) is 157 cm³/mol. The summed E-state index contributed by atoms with van der Waals surface area (Å²) in [5, 5.41) is 5.28. The quantitative estimate of drug-likeness (QED) is 0.309. The molecular formula is C32H39F2N3O7. The van der Waals surface area contributed by atoms with Gasteiger partial charge in [-0.3, -0.25) is 24.0 Å². The van der Waals surface area contributed by atoms with Crippen molar-refractivity contribution in [1.29, 1.82) is 0 Å². The number of likely N-dealkylation sites (N-methyl/N-ethyl adjacent to an activating group) is 1. The number of likely N-dealkylation sites (tertiary alicyclic amines) is 1. The third-order valence-electron chi connectivity index (χ3n) is 7.71. The number of nitrogens with zero attached hydrogens (tertiary/aromatic N) is 1. The Hall–Kier alpha value is -4.35. The minimum absolute atomic E-state index is 0.0304. The van der Waals surface area contributed by atoms with Gasteiger partial charge in [-0.25, -0.2) is 8.78 Å². The molecule has 3 atom stereocenters. The number of esters is 2. The Morgan fingerprint density at radius 3 is 2.23 bits per heavy atom. The molecule has 0 aliphatic carbocycles. The smallest absolute Gasteiger partial charge is 0.308 e. The van der Waals surface area contributed by atoms with Gasteiger partial charge in [0.1, 0.15) is 11.8 Å². The van der Waals surface area contributed by atoms with Gasteiger partial charge in [0.25, 0.3) is 17.7 Å². The van der Waals surface area contributed by atoms with E-state index in [-0.39, 0.29) is 24.3 Å². The van der Waals surface area contributed by atoms with Crippen LogP contribution in [0.25, 0.3) is 0 Å². The van der Waals surface area contributed by atoms with E-state index in [1.54, 1.807) is 63.2 Å². The largest absolute Gasteiger partial charge is 0.450 e. The molecule has 2 aromatic rings. The molecule has 0 spiro atoms. The second-order valence-electron chi connectivity index (χ2n) is 11.5. The minimum Gasteiger partial charge on any atom is -0.450 e. The van der Waals surface area contributed by atoms with E-state index in [0.717, 1.165) is 11.8 Å². The van der Waals surface area contributed by atoms with E-state index < -0.39 is 65.7 Å². The van der Waals surface area contributed by atoms with Crippen LogP contribution in [0, 0.1) is 19.3 Å². The van der Waals surface area contributed by atoms with Crippen LogP contribution in [0.5, 0.6) is 5.75 Å². The van der Waals surface area contributed by atoms with E-state index in [0.29, 0.717) is 16.7 Å². The SMILES string of the molecule is CCNC(=O)C1N(C(=O)[C@@H](OC(C)=O)[C@H](Cc2ccccc2)NC(=O)c2cc(C)cc(OC(C)=O)c2C)CC(F)(F)C1(C)C. The van der Waals surface area contributed by atoms with Crippen molar-refractivity contribution >= 4 is 29.7 Å². The van der Waals surface area contributed by atoms with Crippen molar-refractivity contribution in [3.8, 4) is 5.75 Å². The number of hydrogen-bond acceptors (Lipinski definition) is 7. The zero-order valence-corrected chi connectivity index (χ0v) is 26.0. The van der Waals surface area contributed by atoms with Gasteiger partial charge in [-0.2, -0.15) is 0 Å². The van der Waals surface area contributed by atoms with Crippen LogP contribution >= 0.6 is 0 Å². The maximum absolute atomic E-state index is 15.3. The number of nitrogens with one attached hydrogen (secondary N) is 2. The van der Waals surface area contributed by atoms with Crippen molar-refractivity contribution in [1.82, 2.24) is 15.5 Å². The summed E-state index contributed by atoms with van der Waals surface area (Å²) >= 11 is 0. The summed E-state index contributed by atoms with van der Waals surface area (Å²) in [5.41, 5.74) is -0.226. The molecule has 3 amide bonds. The molecule has 0 aromatic heterocycles. The average Bonchev–Trinajstić information content (AvgIpc) is 3.12. The van der Waals surface area contributed by atoms with Gasteiger partial charge >= 0.3 is 11.9 Å². The van der Waals surface area contributed by atoms with Crippen LogP contribution in [0.3, 0.4) is 0 Å². The third-order valence-corrected chi connectivity index (χ3v) is 7.71. The van der Waals surface area contributed by atoms with Gasteiger partial charge in [0.2, 0.25) is 12.0 Å². The van der Waals surface area contributed by atoms with E-state index in [4.69, 9.17) is 9.47 Å². The van der Waals surface area contributed by atoms with Gasteiger partial charge in [0, 0.05) is 31.5 Å². The Balaban J connectivity index is 2.10. The minimum atomic E-state index is -3.46. The molecule has 238 valence electrons. The van der Waals surface area contributed by atoms with Gasteiger partial charge < -0.3 is 25.0 Å². The number of ether oxygens (including phenoxy) is 2. The molecule has 2 aromatic carbocycles. The van der Waals surface area contributed by atoms with Crippen LogP contribution < -0.4 is 15.4 Å². The number of halogens is 2. The summed E-state index contributed by atoms with van der Waals surface area (Å²) in [6.07, 6.45) is -1.80. The standard InChI is InChI=1S/C32H39F2N3O7/c1-8-35-29(41)27-31(6,7)32(33,34)17-37(27)30(42)26(44-21(5)39)24(16-22-12-10-9-11-13-22)36-28(40)23-14-18(2)15-25(19(23)3)43-20(4)38/h9-15,24,26-27H,8,16-17H2,1-7H3,(H,35,41)(H,36,40)/t24-,26-,27?/m0/s1. The van der Waals surface area contributed by atoms with E-state index in [1.807, 2.05) is 0 Å². The first-order valence-corrected chi connectivity index (χ1v) is 14.3. The molecule has 1 fully saturated rings. The van der Waals surface area contributed by atoms with Gasteiger partial charge in [-0.05, 0) is 50.5 Å².